The fourth-order valence-electron chi connectivity index (χ4n) is 11.9. The number of carbonyl (C=O) groups excluding carboxylic acids is 4. The zero-order valence-corrected chi connectivity index (χ0v) is 88.0. The third-order valence-corrected chi connectivity index (χ3v) is 18.9. The van der Waals surface area contributed by atoms with Gasteiger partial charge in [0, 0.05) is 182 Å². The van der Waals surface area contributed by atoms with Crippen molar-refractivity contribution in [3.63, 3.8) is 0 Å². The van der Waals surface area contributed by atoms with Crippen LogP contribution in [0.15, 0.2) is 375 Å². The van der Waals surface area contributed by atoms with Gasteiger partial charge in [0.1, 0.15) is 0 Å². The Balaban J connectivity index is 0.000000385. The van der Waals surface area contributed by atoms with Gasteiger partial charge in [0.25, 0.3) is 0 Å². The summed E-state index contributed by atoms with van der Waals surface area (Å²) >= 11 is 3.33. The smallest absolute Gasteiger partial charge is 0.381 e. The Labute approximate surface area is 854 Å². The number of halogens is 3. The van der Waals surface area contributed by atoms with Crippen molar-refractivity contribution >= 4 is 110 Å². The van der Waals surface area contributed by atoms with Crippen molar-refractivity contribution in [1.82, 2.24) is 34.9 Å². The van der Waals surface area contributed by atoms with Crippen LogP contribution in [0.3, 0.4) is 0 Å². The number of alkyl halides is 3. The summed E-state index contributed by atoms with van der Waals surface area (Å²) in [6.45, 7) is 11.4. The molecule has 4 N–H and O–H groups in total. The average Bonchev–Trinajstić information content (AvgIpc) is 1.18. The van der Waals surface area contributed by atoms with Gasteiger partial charge < -0.3 is 50.3 Å². The van der Waals surface area contributed by atoms with E-state index in [2.05, 4.69) is 193 Å². The zero-order chi connectivity index (χ0) is 90.2. The fourth-order valence-corrected chi connectivity index (χ4v) is 13.2. The van der Waals surface area contributed by atoms with E-state index in [1.807, 2.05) is 145 Å². The number of fused-ring (bicyclic) bond motifs is 6. The number of aliphatic hydroxyl groups excluding tert-OH is 4. The number of thiophene rings is 2. The number of allylic oxidation sites excluding steroid dienone is 8. The first-order valence-corrected chi connectivity index (χ1v) is 40.9. The molecule has 0 aliphatic heterocycles. The summed E-state index contributed by atoms with van der Waals surface area (Å²) in [5.41, 5.74) is 8.47. The topological polar surface area (TPSA) is 239 Å². The molecule has 0 bridgehead atoms. The van der Waals surface area contributed by atoms with Crippen LogP contribution in [0.1, 0.15) is 61.0 Å². The molecule has 9 aromatic heterocycles. The molecule has 0 aliphatic rings. The third kappa shape index (κ3) is 38.8. The number of aliphatic hydroxyl groups is 4. The number of carbonyl (C=O) groups is 4. The van der Waals surface area contributed by atoms with Gasteiger partial charge in [-0.25, -0.2) is 22.7 Å². The number of benzene rings is 9. The molecule has 0 unspecified atom stereocenters. The first-order chi connectivity index (χ1) is 60.8. The van der Waals surface area contributed by atoms with Gasteiger partial charge in [-0.2, -0.15) is 49.1 Å². The van der Waals surface area contributed by atoms with E-state index in [9.17, 15) is 32.3 Å². The monoisotopic (exact) mass is 2860 g/mol. The second kappa shape index (κ2) is 60.5. The summed E-state index contributed by atoms with van der Waals surface area (Å²) < 4.78 is 36.9. The van der Waals surface area contributed by atoms with Gasteiger partial charge in [0.2, 0.25) is 0 Å². The Kier molecular flexibility index (Phi) is 52.6. The minimum Gasteiger partial charge on any atom is -0.512 e. The number of ketones is 4. The zero-order valence-electron chi connectivity index (χ0n) is 72.0. The number of hydrogen-bond acceptors (Lipinski definition) is 17. The molecule has 26 heteroatoms. The Hall–Kier alpha value is -11.5. The molecule has 15 nitrogen and oxygen atoms in total. The van der Waals surface area contributed by atoms with Gasteiger partial charge in [-0.3, -0.25) is 24.2 Å². The Morgan fingerprint density at radius 2 is 0.682 bits per heavy atom. The van der Waals surface area contributed by atoms with Crippen molar-refractivity contribution < 1.29 is 173 Å². The van der Waals surface area contributed by atoms with E-state index in [-0.39, 0.29) is 167 Å². The molecule has 9 heterocycles. The van der Waals surface area contributed by atoms with E-state index in [0.29, 0.717) is 11.3 Å². The van der Waals surface area contributed by atoms with Crippen LogP contribution in [-0.4, -0.2) is 78.4 Å². The maximum atomic E-state index is 12.3. The van der Waals surface area contributed by atoms with Crippen LogP contribution in [-0.2, 0) is 146 Å². The van der Waals surface area contributed by atoms with Crippen molar-refractivity contribution in [3.8, 4) is 66.2 Å². The van der Waals surface area contributed by atoms with Crippen LogP contribution >= 0.6 is 22.7 Å². The summed E-state index contributed by atoms with van der Waals surface area (Å²) in [6.07, 6.45) is 14.6. The molecule has 6 radical (unpaired) electrons. The van der Waals surface area contributed by atoms with E-state index in [4.69, 9.17) is 20.4 Å². The average molecular weight is 2860 g/mol. The number of nitrogens with zero attached hydrogens (tertiary/aromatic N) is 7. The van der Waals surface area contributed by atoms with Gasteiger partial charge in [-0.15, -0.1) is 105 Å². The Morgan fingerprint density at radius 3 is 1.07 bits per heavy atom. The molecular weight excluding hydrogens is 2770 g/mol. The summed E-state index contributed by atoms with van der Waals surface area (Å²) in [7, 11) is 0. The largest absolute Gasteiger partial charge is 0.512 e. The molecule has 0 saturated heterocycles. The molecule has 9 aromatic carbocycles. The molecule has 0 fully saturated rings. The van der Waals surface area contributed by atoms with Crippen molar-refractivity contribution in [3.05, 3.63) is 417 Å². The number of rotatable bonds is 10. The molecule has 0 aliphatic carbocycles. The first-order valence-electron chi connectivity index (χ1n) is 39.1. The molecule has 686 valence electrons. The minimum atomic E-state index is -4.32. The quantitative estimate of drug-likeness (QED) is 0.0566. The first kappa shape index (κ1) is 115. The van der Waals surface area contributed by atoms with Crippen LogP contribution in [0, 0.1) is 36.4 Å². The number of hydrogen-bond donors (Lipinski definition) is 4. The van der Waals surface area contributed by atoms with Crippen molar-refractivity contribution in [2.75, 3.05) is 0 Å². The number of pyridine rings is 7. The summed E-state index contributed by atoms with van der Waals surface area (Å²) in [6, 6.07) is 105. The van der Waals surface area contributed by atoms with Gasteiger partial charge in [-0.1, -0.05) is 196 Å². The van der Waals surface area contributed by atoms with Crippen molar-refractivity contribution in [2.24, 2.45) is 0 Å². The van der Waals surface area contributed by atoms with E-state index in [1.165, 1.54) is 140 Å². The molecule has 18 rings (SSSR count). The molecule has 0 atom stereocenters. The minimum absolute atomic E-state index is 0. The molecular formula is C106H86F3Ir6N7O8S2-6. The fraction of sp³-hybridized carbons (Fsp3) is 0.0849. The van der Waals surface area contributed by atoms with Crippen LogP contribution in [0.25, 0.3) is 131 Å². The predicted octanol–water partition coefficient (Wildman–Crippen LogP) is 26.9. The standard InChI is InChI=1S/2C19H12N.C14H9N2.C13H8NS.C12H7F3N.C9H6NS.4C5H8O2.6Ir/c1-2-7-16-13-17(10-9-14(16)5-1)19-18-8-4-3-6-15(18)11-12-20-19;1-2-6-15-11-17(10-9-14(15)5-1)19-12-16-7-3-4-8-18(16)13-20-19;1-2-4-13-11(3-1)7-10-16-14(13)12-5-8-15-9-6-12;1-2-5-11-10(4-1)7-8-14-13(11)12-6-3-9-15-12;13-12(14,15)10-6-4-9(5-7-10)11-3-1-2-8-16-11;1-2-6-10-8(4-1)9-5-3-7-11-9;4*1-4(6)3-5(2)7;;;;;;/h2*1-9,11-13H;1-5,7-10H;1-5,7-9H;1-4,6-8H;1-4,6-7H;4*3,6H,1-2H3;;;;;;/q6*-1;;;;;;;;;;. The molecule has 18 aromatic rings. The Bertz CT molecular complexity index is 6500. The van der Waals surface area contributed by atoms with Gasteiger partial charge in [0.15, 0.2) is 23.1 Å². The Morgan fingerprint density at radius 1 is 0.311 bits per heavy atom. The second-order valence-electron chi connectivity index (χ2n) is 27.5. The number of aromatic nitrogens is 7. The SMILES string of the molecule is CC(=O)C=C(C)O.CC(=O)C=C(C)O.CC(=O)C=C(C)O.CC(=O)C=C(C)O.FC(F)(F)c1c[c-]c(-c2ccccn2)cc1.[Ir].[Ir].[Ir].[Ir].[Ir].[Ir].[c-]1cc2ccccc2cc1-c1cc2ccccc2cn1.[c-]1cc2ccccc2cc1-c1nccc2ccccc12.[c-]1ccsc1-c1ccccn1.[c-]1ccsc1-c1nccc2ccccc12.[c-]1cnccc1-c1nccc2ccccc12. The molecule has 132 heavy (non-hydrogen) atoms. The van der Waals surface area contributed by atoms with E-state index in [1.54, 1.807) is 65.7 Å². The van der Waals surface area contributed by atoms with E-state index < -0.39 is 11.7 Å². The summed E-state index contributed by atoms with van der Waals surface area (Å²) in [4.78, 5) is 72.4. The molecule has 0 saturated carbocycles. The second-order valence-corrected chi connectivity index (χ2v) is 29.3. The normalized spacial score (nSPS) is 10.4. The van der Waals surface area contributed by atoms with Gasteiger partial charge in [0.05, 0.1) is 23.0 Å². The summed E-state index contributed by atoms with van der Waals surface area (Å²) in [5, 5.41) is 51.8. The van der Waals surface area contributed by atoms with Gasteiger partial charge in [-0.05, 0) is 181 Å². The van der Waals surface area contributed by atoms with Crippen molar-refractivity contribution in [2.45, 2.75) is 61.6 Å². The summed E-state index contributed by atoms with van der Waals surface area (Å²) in [5.74, 6) is -0.250. The van der Waals surface area contributed by atoms with Crippen LogP contribution in [0.4, 0.5) is 13.2 Å². The molecule has 0 amide bonds. The third-order valence-electron chi connectivity index (χ3n) is 17.2. The van der Waals surface area contributed by atoms with Crippen molar-refractivity contribution in [1.29, 1.82) is 0 Å². The van der Waals surface area contributed by atoms with E-state index in [0.717, 1.165) is 77.8 Å². The van der Waals surface area contributed by atoms with Crippen LogP contribution in [0.2, 0.25) is 0 Å². The van der Waals surface area contributed by atoms with Crippen LogP contribution < -0.4 is 0 Å². The van der Waals surface area contributed by atoms with Gasteiger partial charge >= 0.3 is 6.18 Å². The maximum absolute atomic E-state index is 12.3. The van der Waals surface area contributed by atoms with E-state index >= 15 is 0 Å². The van der Waals surface area contributed by atoms with Crippen LogP contribution in [0.5, 0.6) is 0 Å². The maximum Gasteiger partial charge on any atom is 0.381 e. The predicted molar refractivity (Wildman–Crippen MR) is 503 cm³/mol. The molecule has 0 spiro atoms.